The van der Waals surface area contributed by atoms with Crippen molar-refractivity contribution >= 4 is 28.1 Å². The lowest BCUT2D eigenvalue weighted by Gasteiger charge is -2.29. The first-order chi connectivity index (χ1) is 10.2. The normalized spacial score (nSPS) is 14.2. The quantitative estimate of drug-likeness (QED) is 0.943. The molecule has 2 aromatic rings. The lowest BCUT2D eigenvalue weighted by atomic mass is 10.0. The van der Waals surface area contributed by atoms with E-state index in [1.165, 1.54) is 12.1 Å². The SMILES string of the molecule is CCNc1ncc(CN2C(=O)CCc3cc(F)ccc32)s1. The standard InChI is InChI=1S/C15H16FN3OS/c1-2-17-15-18-8-12(21-15)9-19-13-5-4-11(16)7-10(13)3-6-14(19)20/h4-5,7-8H,2-3,6,9H2,1H3,(H,17,18). The van der Waals surface area contributed by atoms with Crippen LogP contribution in [0.15, 0.2) is 24.4 Å². The molecule has 0 aliphatic carbocycles. The number of thiazole rings is 1. The molecule has 1 aliphatic heterocycles. The third kappa shape index (κ3) is 2.90. The number of anilines is 2. The number of hydrogen-bond acceptors (Lipinski definition) is 4. The fourth-order valence-electron chi connectivity index (χ4n) is 2.47. The predicted molar refractivity (Wildman–Crippen MR) is 82.2 cm³/mol. The summed E-state index contributed by atoms with van der Waals surface area (Å²) in [6, 6.07) is 4.61. The van der Waals surface area contributed by atoms with Gasteiger partial charge in [-0.3, -0.25) is 4.79 Å². The van der Waals surface area contributed by atoms with Crippen LogP contribution < -0.4 is 10.2 Å². The van der Waals surface area contributed by atoms with E-state index in [2.05, 4.69) is 10.3 Å². The zero-order valence-electron chi connectivity index (χ0n) is 11.7. The largest absolute Gasteiger partial charge is 0.362 e. The van der Waals surface area contributed by atoms with E-state index in [0.717, 1.165) is 27.8 Å². The van der Waals surface area contributed by atoms with Gasteiger partial charge in [0.1, 0.15) is 5.82 Å². The molecule has 1 aliphatic rings. The molecular formula is C15H16FN3OS. The summed E-state index contributed by atoms with van der Waals surface area (Å²) in [5.41, 5.74) is 1.71. The van der Waals surface area contributed by atoms with Crippen molar-refractivity contribution in [2.75, 3.05) is 16.8 Å². The molecule has 0 atom stereocenters. The molecule has 1 N–H and O–H groups in total. The third-order valence-electron chi connectivity index (χ3n) is 3.44. The minimum atomic E-state index is -0.254. The van der Waals surface area contributed by atoms with Gasteiger partial charge >= 0.3 is 0 Å². The minimum absolute atomic E-state index is 0.0764. The number of amides is 1. The third-order valence-corrected chi connectivity index (χ3v) is 4.38. The van der Waals surface area contributed by atoms with E-state index < -0.39 is 0 Å². The monoisotopic (exact) mass is 305 g/mol. The first-order valence-electron chi connectivity index (χ1n) is 6.94. The fourth-order valence-corrected chi connectivity index (χ4v) is 3.34. The molecule has 21 heavy (non-hydrogen) atoms. The van der Waals surface area contributed by atoms with Gasteiger partial charge in [-0.05, 0) is 37.1 Å². The number of fused-ring (bicyclic) bond motifs is 1. The van der Waals surface area contributed by atoms with Gasteiger partial charge in [-0.15, -0.1) is 11.3 Å². The van der Waals surface area contributed by atoms with Crippen molar-refractivity contribution in [1.82, 2.24) is 4.98 Å². The van der Waals surface area contributed by atoms with Gasteiger partial charge in [0.2, 0.25) is 5.91 Å². The summed E-state index contributed by atoms with van der Waals surface area (Å²) in [5, 5.41) is 4.02. The highest BCUT2D eigenvalue weighted by atomic mass is 32.1. The van der Waals surface area contributed by atoms with Crippen LogP contribution in [0.3, 0.4) is 0 Å². The average molecular weight is 305 g/mol. The molecule has 0 spiro atoms. The van der Waals surface area contributed by atoms with Gasteiger partial charge in [-0.2, -0.15) is 0 Å². The van der Waals surface area contributed by atoms with Crippen LogP contribution in [0, 0.1) is 5.82 Å². The Hall–Kier alpha value is -1.95. The molecule has 0 fully saturated rings. The number of carbonyl (C=O) groups is 1. The number of aromatic nitrogens is 1. The Labute approximate surface area is 126 Å². The van der Waals surface area contributed by atoms with Crippen molar-refractivity contribution in [1.29, 1.82) is 0 Å². The van der Waals surface area contributed by atoms with Gasteiger partial charge in [0.25, 0.3) is 0 Å². The van der Waals surface area contributed by atoms with Crippen molar-refractivity contribution < 1.29 is 9.18 Å². The van der Waals surface area contributed by atoms with Crippen molar-refractivity contribution in [3.05, 3.63) is 40.7 Å². The second kappa shape index (κ2) is 5.81. The Kier molecular flexibility index (Phi) is 3.88. The number of benzene rings is 1. The van der Waals surface area contributed by atoms with Crippen molar-refractivity contribution in [2.45, 2.75) is 26.3 Å². The second-order valence-corrected chi connectivity index (χ2v) is 6.03. The van der Waals surface area contributed by atoms with Crippen molar-refractivity contribution in [3.63, 3.8) is 0 Å². The number of aryl methyl sites for hydroxylation is 1. The molecule has 1 amide bonds. The van der Waals surface area contributed by atoms with Crippen molar-refractivity contribution in [2.24, 2.45) is 0 Å². The van der Waals surface area contributed by atoms with Crippen molar-refractivity contribution in [3.8, 4) is 0 Å². The minimum Gasteiger partial charge on any atom is -0.362 e. The maximum Gasteiger partial charge on any atom is 0.227 e. The lowest BCUT2D eigenvalue weighted by molar-refractivity contribution is -0.119. The molecule has 0 radical (unpaired) electrons. The van der Waals surface area contributed by atoms with E-state index in [0.29, 0.717) is 19.4 Å². The van der Waals surface area contributed by atoms with Crippen LogP contribution in [-0.4, -0.2) is 17.4 Å². The van der Waals surface area contributed by atoms with E-state index in [9.17, 15) is 9.18 Å². The van der Waals surface area contributed by atoms with Crippen LogP contribution in [0.5, 0.6) is 0 Å². The number of halogens is 1. The maximum atomic E-state index is 13.3. The predicted octanol–water partition coefficient (Wildman–Crippen LogP) is 3.19. The number of carbonyl (C=O) groups excluding carboxylic acids is 1. The van der Waals surface area contributed by atoms with E-state index >= 15 is 0 Å². The molecule has 0 bridgehead atoms. The molecule has 1 aromatic carbocycles. The Morgan fingerprint density at radius 1 is 1.43 bits per heavy atom. The molecule has 2 heterocycles. The van der Waals surface area contributed by atoms with Gasteiger partial charge in [-0.1, -0.05) is 0 Å². The van der Waals surface area contributed by atoms with E-state index in [-0.39, 0.29) is 11.7 Å². The Bertz CT molecular complexity index is 671. The maximum absolute atomic E-state index is 13.3. The second-order valence-electron chi connectivity index (χ2n) is 4.91. The smallest absolute Gasteiger partial charge is 0.227 e. The van der Waals surface area contributed by atoms with Crippen LogP contribution >= 0.6 is 11.3 Å². The highest BCUT2D eigenvalue weighted by Crippen LogP contribution is 2.31. The number of rotatable bonds is 4. The first-order valence-corrected chi connectivity index (χ1v) is 7.76. The summed E-state index contributed by atoms with van der Waals surface area (Å²) in [6.45, 7) is 3.32. The summed E-state index contributed by atoms with van der Waals surface area (Å²) >= 11 is 1.54. The molecule has 1 aromatic heterocycles. The Balaban J connectivity index is 1.85. The Morgan fingerprint density at radius 2 is 2.29 bits per heavy atom. The Morgan fingerprint density at radius 3 is 3.10 bits per heavy atom. The van der Waals surface area contributed by atoms with Gasteiger partial charge in [0.05, 0.1) is 6.54 Å². The van der Waals surface area contributed by atoms with E-state index in [1.807, 2.05) is 6.92 Å². The van der Waals surface area contributed by atoms with Gasteiger partial charge in [-0.25, -0.2) is 9.37 Å². The molecule has 3 rings (SSSR count). The molecule has 6 heteroatoms. The molecule has 0 saturated carbocycles. The number of hydrogen-bond donors (Lipinski definition) is 1. The zero-order chi connectivity index (χ0) is 14.8. The molecule has 0 unspecified atom stereocenters. The first kappa shape index (κ1) is 14.0. The molecule has 4 nitrogen and oxygen atoms in total. The summed E-state index contributed by atoms with van der Waals surface area (Å²) in [4.78, 5) is 19.2. The van der Waals surface area contributed by atoms with Crippen LogP contribution in [0.1, 0.15) is 23.8 Å². The summed E-state index contributed by atoms with van der Waals surface area (Å²) in [7, 11) is 0. The van der Waals surface area contributed by atoms with Crippen LogP contribution in [0.25, 0.3) is 0 Å². The zero-order valence-corrected chi connectivity index (χ0v) is 12.5. The number of nitrogens with zero attached hydrogens (tertiary/aromatic N) is 2. The summed E-state index contributed by atoms with van der Waals surface area (Å²) in [6.07, 6.45) is 2.82. The highest BCUT2D eigenvalue weighted by molar-refractivity contribution is 7.15. The van der Waals surface area contributed by atoms with Crippen LogP contribution in [-0.2, 0) is 17.8 Å². The summed E-state index contributed by atoms with van der Waals surface area (Å²) in [5.74, 6) is -0.178. The summed E-state index contributed by atoms with van der Waals surface area (Å²) < 4.78 is 13.3. The average Bonchev–Trinajstić information content (AvgIpc) is 2.90. The highest BCUT2D eigenvalue weighted by Gasteiger charge is 2.25. The van der Waals surface area contributed by atoms with Gasteiger partial charge < -0.3 is 10.2 Å². The van der Waals surface area contributed by atoms with E-state index in [1.54, 1.807) is 28.5 Å². The molecule has 0 saturated heterocycles. The van der Waals surface area contributed by atoms with E-state index in [4.69, 9.17) is 0 Å². The topological polar surface area (TPSA) is 45.2 Å². The molecular weight excluding hydrogens is 289 g/mol. The van der Waals surface area contributed by atoms with Gasteiger partial charge in [0, 0.05) is 29.7 Å². The van der Waals surface area contributed by atoms with Crippen LogP contribution in [0.4, 0.5) is 15.2 Å². The lowest BCUT2D eigenvalue weighted by Crippen LogP contribution is -2.34. The van der Waals surface area contributed by atoms with Crippen LogP contribution in [0.2, 0.25) is 0 Å². The van der Waals surface area contributed by atoms with Gasteiger partial charge in [0.15, 0.2) is 5.13 Å². The molecule has 110 valence electrons. The number of nitrogens with one attached hydrogen (secondary N) is 1. The fraction of sp³-hybridized carbons (Fsp3) is 0.333.